The number of hydrogen-bond acceptors (Lipinski definition) is 6. The number of halogens is 2. The van der Waals surface area contributed by atoms with Gasteiger partial charge in [0.2, 0.25) is 0 Å². The predicted molar refractivity (Wildman–Crippen MR) is 123 cm³/mol. The van der Waals surface area contributed by atoms with Crippen LogP contribution in [-0.2, 0) is 0 Å². The van der Waals surface area contributed by atoms with Crippen molar-refractivity contribution in [2.24, 2.45) is 0 Å². The maximum atomic E-state index is 13.6. The summed E-state index contributed by atoms with van der Waals surface area (Å²) in [4.78, 5) is 13.1. The summed E-state index contributed by atoms with van der Waals surface area (Å²) in [6.07, 6.45) is 5.18. The highest BCUT2D eigenvalue weighted by atomic mass is 35.5. The number of nitrogens with zero attached hydrogens (tertiary/aromatic N) is 3. The normalized spacial score (nSPS) is 12.0. The van der Waals surface area contributed by atoms with Crippen molar-refractivity contribution in [3.63, 3.8) is 0 Å². The van der Waals surface area contributed by atoms with Crippen LogP contribution in [0.4, 0.5) is 15.9 Å². The second kappa shape index (κ2) is 8.85. The van der Waals surface area contributed by atoms with Crippen LogP contribution in [-0.4, -0.2) is 21.2 Å². The van der Waals surface area contributed by atoms with E-state index in [2.05, 4.69) is 25.0 Å². The van der Waals surface area contributed by atoms with Crippen molar-refractivity contribution >= 4 is 46.0 Å². The number of benzene rings is 2. The minimum absolute atomic E-state index is 0.128. The van der Waals surface area contributed by atoms with Gasteiger partial charge in [-0.15, -0.1) is 0 Å². The van der Waals surface area contributed by atoms with E-state index in [9.17, 15) is 4.39 Å². The van der Waals surface area contributed by atoms with E-state index in [4.69, 9.17) is 11.6 Å². The molecule has 0 radical (unpaired) electrons. The molecule has 0 fully saturated rings. The lowest BCUT2D eigenvalue weighted by Gasteiger charge is -2.17. The molecule has 5 nitrogen and oxygen atoms in total. The van der Waals surface area contributed by atoms with Crippen molar-refractivity contribution < 1.29 is 4.39 Å². The number of anilines is 2. The summed E-state index contributed by atoms with van der Waals surface area (Å²) >= 11 is 7.62. The van der Waals surface area contributed by atoms with E-state index < -0.39 is 0 Å². The summed E-state index contributed by atoms with van der Waals surface area (Å²) in [5.41, 5.74) is 4.29. The Balaban J connectivity index is 1.71. The molecular formula is C22H19ClFN5S. The van der Waals surface area contributed by atoms with Crippen molar-refractivity contribution in [2.75, 3.05) is 16.3 Å². The fourth-order valence-electron chi connectivity index (χ4n) is 3.20. The molecule has 2 N–H and O–H groups in total. The van der Waals surface area contributed by atoms with E-state index in [0.29, 0.717) is 11.0 Å². The highest BCUT2D eigenvalue weighted by molar-refractivity contribution is 7.99. The fourth-order valence-corrected chi connectivity index (χ4v) is 3.79. The molecule has 4 aromatic rings. The Kier molecular flexibility index (Phi) is 6.01. The van der Waals surface area contributed by atoms with Gasteiger partial charge in [-0.2, -0.15) is 0 Å². The summed E-state index contributed by atoms with van der Waals surface area (Å²) in [5.74, 6) is 0.420. The van der Waals surface area contributed by atoms with Crippen LogP contribution in [0.5, 0.6) is 0 Å². The molecule has 4 rings (SSSR count). The van der Waals surface area contributed by atoms with Crippen LogP contribution in [0.15, 0.2) is 61.1 Å². The smallest absolute Gasteiger partial charge is 0.152 e. The van der Waals surface area contributed by atoms with Crippen LogP contribution in [0.3, 0.4) is 0 Å². The van der Waals surface area contributed by atoms with Gasteiger partial charge in [-0.1, -0.05) is 41.7 Å². The number of rotatable bonds is 6. The lowest BCUT2D eigenvalue weighted by atomic mass is 10.0. The van der Waals surface area contributed by atoms with Gasteiger partial charge in [-0.25, -0.2) is 19.3 Å². The van der Waals surface area contributed by atoms with Crippen molar-refractivity contribution in [3.8, 4) is 11.1 Å². The largest absolute Gasteiger partial charge is 0.363 e. The van der Waals surface area contributed by atoms with Crippen LogP contribution in [0.1, 0.15) is 18.5 Å². The van der Waals surface area contributed by atoms with Crippen LogP contribution < -0.4 is 10.0 Å². The first-order chi connectivity index (χ1) is 14.5. The monoisotopic (exact) mass is 439 g/mol. The average Bonchev–Trinajstić information content (AvgIpc) is 2.75. The Labute approximate surface area is 183 Å². The van der Waals surface area contributed by atoms with Gasteiger partial charge in [-0.3, -0.25) is 0 Å². The van der Waals surface area contributed by atoms with Gasteiger partial charge in [0.25, 0.3) is 0 Å². The third kappa shape index (κ3) is 4.32. The van der Waals surface area contributed by atoms with Gasteiger partial charge < -0.3 is 10.0 Å². The van der Waals surface area contributed by atoms with Gasteiger partial charge in [0, 0.05) is 23.4 Å². The van der Waals surface area contributed by atoms with Gasteiger partial charge in [0.05, 0.1) is 17.2 Å². The summed E-state index contributed by atoms with van der Waals surface area (Å²) < 4.78 is 16.7. The molecule has 1 atom stereocenters. The van der Waals surface area contributed by atoms with Crippen molar-refractivity contribution in [1.82, 2.24) is 15.0 Å². The van der Waals surface area contributed by atoms with Crippen LogP contribution in [0.25, 0.3) is 22.0 Å². The minimum Gasteiger partial charge on any atom is -0.363 e. The molecule has 0 aliphatic heterocycles. The first-order valence-corrected chi connectivity index (χ1v) is 10.9. The molecule has 0 aliphatic carbocycles. The molecule has 8 heteroatoms. The summed E-state index contributed by atoms with van der Waals surface area (Å²) in [6.45, 7) is 1.97. The zero-order valence-corrected chi connectivity index (χ0v) is 17.9. The lowest BCUT2D eigenvalue weighted by molar-refractivity contribution is 0.623. The second-order valence-corrected chi connectivity index (χ2v) is 7.71. The zero-order chi connectivity index (χ0) is 21.1. The SMILES string of the molecule is CSNc1cc(-c2ccc3ncnc(NC(C)c4cccc(F)c4)c3c2)cnc1Cl. The van der Waals surface area contributed by atoms with E-state index in [1.807, 2.05) is 43.5 Å². The maximum Gasteiger partial charge on any atom is 0.152 e. The summed E-state index contributed by atoms with van der Waals surface area (Å²) in [7, 11) is 0. The third-order valence-corrected chi connectivity index (χ3v) is 5.45. The molecule has 0 spiro atoms. The van der Waals surface area contributed by atoms with E-state index >= 15 is 0 Å². The van der Waals surface area contributed by atoms with Crippen molar-refractivity contribution in [3.05, 3.63) is 77.6 Å². The third-order valence-electron chi connectivity index (χ3n) is 4.72. The molecule has 152 valence electrons. The minimum atomic E-state index is -0.263. The number of nitrogens with one attached hydrogen (secondary N) is 2. The average molecular weight is 440 g/mol. The highest BCUT2D eigenvalue weighted by Crippen LogP contribution is 2.32. The van der Waals surface area contributed by atoms with Gasteiger partial charge in [0.15, 0.2) is 5.15 Å². The summed E-state index contributed by atoms with van der Waals surface area (Å²) in [6, 6.07) is 14.3. The molecule has 2 aromatic heterocycles. The van der Waals surface area contributed by atoms with Crippen molar-refractivity contribution in [2.45, 2.75) is 13.0 Å². The van der Waals surface area contributed by atoms with Crippen LogP contribution >= 0.6 is 23.5 Å². The van der Waals surface area contributed by atoms with E-state index in [1.54, 1.807) is 12.3 Å². The maximum absolute atomic E-state index is 13.6. The van der Waals surface area contributed by atoms with Crippen LogP contribution in [0.2, 0.25) is 5.15 Å². The Morgan fingerprint density at radius 2 is 1.90 bits per heavy atom. The zero-order valence-electron chi connectivity index (χ0n) is 16.4. The first kappa shape index (κ1) is 20.4. The van der Waals surface area contributed by atoms with E-state index in [0.717, 1.165) is 33.3 Å². The first-order valence-electron chi connectivity index (χ1n) is 9.27. The number of hydrogen-bond donors (Lipinski definition) is 2. The van der Waals surface area contributed by atoms with Gasteiger partial charge >= 0.3 is 0 Å². The molecule has 30 heavy (non-hydrogen) atoms. The molecule has 0 bridgehead atoms. The van der Waals surface area contributed by atoms with Gasteiger partial charge in [-0.05, 0) is 48.4 Å². The Bertz CT molecular complexity index is 1200. The molecular weight excluding hydrogens is 421 g/mol. The summed E-state index contributed by atoms with van der Waals surface area (Å²) in [5, 5.41) is 4.67. The molecule has 2 aromatic carbocycles. The Hall–Kier alpha value is -2.90. The fraction of sp³-hybridized carbons (Fsp3) is 0.136. The number of fused-ring (bicyclic) bond motifs is 1. The Morgan fingerprint density at radius 1 is 1.03 bits per heavy atom. The number of aromatic nitrogens is 3. The molecule has 2 heterocycles. The molecule has 0 aliphatic rings. The quantitative estimate of drug-likeness (QED) is 0.269. The highest BCUT2D eigenvalue weighted by Gasteiger charge is 2.12. The standard InChI is InChI=1S/C22H19ClFN5S/c1-13(14-4-3-5-17(24)8-14)28-22-18-9-15(6-7-19(18)26-12-27-22)16-10-20(29-30-2)21(23)25-11-16/h3-13,29H,1-2H3,(H,26,27,28). The molecule has 1 unspecified atom stereocenters. The molecule has 0 amide bonds. The molecule has 0 saturated heterocycles. The second-order valence-electron chi connectivity index (χ2n) is 6.74. The Morgan fingerprint density at radius 3 is 2.70 bits per heavy atom. The van der Waals surface area contributed by atoms with E-state index in [1.165, 1.54) is 30.4 Å². The van der Waals surface area contributed by atoms with Crippen molar-refractivity contribution in [1.29, 1.82) is 0 Å². The van der Waals surface area contributed by atoms with Gasteiger partial charge in [0.1, 0.15) is 18.0 Å². The molecule has 0 saturated carbocycles. The lowest BCUT2D eigenvalue weighted by Crippen LogP contribution is -2.09. The van der Waals surface area contributed by atoms with E-state index in [-0.39, 0.29) is 11.9 Å². The number of pyridine rings is 1. The van der Waals surface area contributed by atoms with Crippen LogP contribution in [0, 0.1) is 5.82 Å². The predicted octanol–water partition coefficient (Wildman–Crippen LogP) is 6.35. The topological polar surface area (TPSA) is 62.7 Å².